The maximum atomic E-state index is 13.2. The quantitative estimate of drug-likeness (QED) is 0.233. The van der Waals surface area contributed by atoms with E-state index >= 15 is 0 Å². The third-order valence-corrected chi connectivity index (χ3v) is 6.54. The van der Waals surface area contributed by atoms with Crippen LogP contribution in [0.25, 0.3) is 0 Å². The molecule has 3 rings (SSSR count). The Morgan fingerprint density at radius 2 is 1.56 bits per heavy atom. The SMILES string of the molecule is O=CN(O)C(CS(=O)(=O)c1ccccc1Oc1ccc(OC(F)(F)F)cc1)c1ccc(Cl)cc1. The lowest BCUT2D eigenvalue weighted by Gasteiger charge is -2.23. The Hall–Kier alpha value is -3.28. The molecule has 0 aliphatic carbocycles. The molecule has 0 heterocycles. The highest BCUT2D eigenvalue weighted by Crippen LogP contribution is 2.33. The van der Waals surface area contributed by atoms with Gasteiger partial charge < -0.3 is 9.47 Å². The van der Waals surface area contributed by atoms with Gasteiger partial charge in [-0.05, 0) is 54.1 Å². The number of para-hydroxylation sites is 1. The van der Waals surface area contributed by atoms with E-state index in [1.165, 1.54) is 60.7 Å². The van der Waals surface area contributed by atoms with Gasteiger partial charge in [-0.3, -0.25) is 10.0 Å². The summed E-state index contributed by atoms with van der Waals surface area (Å²) in [5.41, 5.74) is 0.321. The van der Waals surface area contributed by atoms with Gasteiger partial charge >= 0.3 is 6.36 Å². The number of alkyl halides is 3. The highest BCUT2D eigenvalue weighted by Gasteiger charge is 2.31. The molecule has 0 aliphatic rings. The molecule has 0 aromatic heterocycles. The summed E-state index contributed by atoms with van der Waals surface area (Å²) >= 11 is 5.85. The molecule has 0 fully saturated rings. The molecule has 34 heavy (non-hydrogen) atoms. The van der Waals surface area contributed by atoms with Crippen LogP contribution in [0, 0.1) is 0 Å². The maximum Gasteiger partial charge on any atom is 0.573 e. The highest BCUT2D eigenvalue weighted by atomic mass is 35.5. The van der Waals surface area contributed by atoms with E-state index in [-0.39, 0.29) is 27.9 Å². The van der Waals surface area contributed by atoms with Crippen LogP contribution in [0.15, 0.2) is 77.7 Å². The first-order valence-corrected chi connectivity index (χ1v) is 11.5. The lowest BCUT2D eigenvalue weighted by Crippen LogP contribution is -2.30. The van der Waals surface area contributed by atoms with Crippen molar-refractivity contribution in [1.82, 2.24) is 5.06 Å². The summed E-state index contributed by atoms with van der Waals surface area (Å²) in [6, 6.07) is 14.7. The first-order valence-electron chi connectivity index (χ1n) is 9.52. The van der Waals surface area contributed by atoms with E-state index in [1.54, 1.807) is 0 Å². The fraction of sp³-hybridized carbons (Fsp3) is 0.136. The fourth-order valence-corrected chi connectivity index (χ4v) is 4.78. The molecule has 0 radical (unpaired) electrons. The van der Waals surface area contributed by atoms with Crippen LogP contribution in [0.1, 0.15) is 11.6 Å². The summed E-state index contributed by atoms with van der Waals surface area (Å²) in [5, 5.41) is 10.6. The molecular weight excluding hydrogens is 499 g/mol. The van der Waals surface area contributed by atoms with Gasteiger partial charge in [0, 0.05) is 5.02 Å². The lowest BCUT2D eigenvalue weighted by atomic mass is 10.1. The van der Waals surface area contributed by atoms with Crippen LogP contribution in [0.4, 0.5) is 13.2 Å². The van der Waals surface area contributed by atoms with E-state index < -0.39 is 33.7 Å². The summed E-state index contributed by atoms with van der Waals surface area (Å²) in [7, 11) is -4.15. The first-order chi connectivity index (χ1) is 16.0. The average Bonchev–Trinajstić information content (AvgIpc) is 2.78. The Kier molecular flexibility index (Phi) is 7.70. The van der Waals surface area contributed by atoms with Crippen LogP contribution in [0.3, 0.4) is 0 Å². The minimum atomic E-state index is -4.86. The zero-order valence-electron chi connectivity index (χ0n) is 17.1. The minimum absolute atomic E-state index is 0.0584. The molecule has 0 saturated carbocycles. The molecule has 12 heteroatoms. The number of ether oxygens (including phenoxy) is 2. The number of hydrogen-bond donors (Lipinski definition) is 1. The number of carbonyl (C=O) groups is 1. The van der Waals surface area contributed by atoms with Gasteiger partial charge in [0.25, 0.3) is 0 Å². The van der Waals surface area contributed by atoms with Crippen molar-refractivity contribution in [3.8, 4) is 17.2 Å². The van der Waals surface area contributed by atoms with Gasteiger partial charge in [0.15, 0.2) is 9.84 Å². The molecule has 0 spiro atoms. The summed E-state index contributed by atoms with van der Waals surface area (Å²) in [6.45, 7) is 0. The van der Waals surface area contributed by atoms with Crippen molar-refractivity contribution >= 4 is 27.8 Å². The lowest BCUT2D eigenvalue weighted by molar-refractivity contribution is -0.274. The monoisotopic (exact) mass is 515 g/mol. The Labute approximate surface area is 197 Å². The van der Waals surface area contributed by atoms with Gasteiger partial charge in [0.05, 0.1) is 11.8 Å². The van der Waals surface area contributed by atoms with Crippen LogP contribution >= 0.6 is 11.6 Å². The summed E-state index contributed by atoms with van der Waals surface area (Å²) < 4.78 is 72.8. The van der Waals surface area contributed by atoms with Gasteiger partial charge in [0.1, 0.15) is 22.1 Å². The number of halogens is 4. The Morgan fingerprint density at radius 3 is 2.15 bits per heavy atom. The smallest absolute Gasteiger partial charge is 0.456 e. The Balaban J connectivity index is 1.88. The van der Waals surface area contributed by atoms with E-state index in [1.807, 2.05) is 0 Å². The number of rotatable bonds is 9. The number of hydrogen-bond acceptors (Lipinski definition) is 6. The molecule has 3 aromatic rings. The van der Waals surface area contributed by atoms with Crippen molar-refractivity contribution in [2.24, 2.45) is 0 Å². The Bertz CT molecular complexity index is 1230. The maximum absolute atomic E-state index is 13.2. The van der Waals surface area contributed by atoms with Gasteiger partial charge in [-0.15, -0.1) is 13.2 Å². The highest BCUT2D eigenvalue weighted by molar-refractivity contribution is 7.91. The number of amides is 1. The van der Waals surface area contributed by atoms with E-state index in [9.17, 15) is 31.6 Å². The summed E-state index contributed by atoms with van der Waals surface area (Å²) in [6.07, 6.45) is -4.77. The van der Waals surface area contributed by atoms with Crippen molar-refractivity contribution in [1.29, 1.82) is 0 Å². The zero-order valence-corrected chi connectivity index (χ0v) is 18.7. The number of benzene rings is 3. The molecule has 0 saturated heterocycles. The fourth-order valence-electron chi connectivity index (χ4n) is 3.01. The van der Waals surface area contributed by atoms with Crippen LogP contribution < -0.4 is 9.47 Å². The van der Waals surface area contributed by atoms with Crippen molar-refractivity contribution in [2.75, 3.05) is 5.75 Å². The molecular formula is C22H17ClF3NO6S. The number of hydroxylamine groups is 2. The van der Waals surface area contributed by atoms with E-state index in [4.69, 9.17) is 16.3 Å². The molecule has 1 amide bonds. The van der Waals surface area contributed by atoms with Crippen molar-refractivity contribution in [2.45, 2.75) is 17.3 Å². The molecule has 3 aromatic carbocycles. The van der Waals surface area contributed by atoms with Crippen LogP contribution in [-0.2, 0) is 14.6 Å². The van der Waals surface area contributed by atoms with Crippen LogP contribution in [0.5, 0.6) is 17.2 Å². The third kappa shape index (κ3) is 6.62. The van der Waals surface area contributed by atoms with Gasteiger partial charge in [-0.1, -0.05) is 35.9 Å². The van der Waals surface area contributed by atoms with Crippen molar-refractivity contribution < 1.29 is 41.1 Å². The van der Waals surface area contributed by atoms with Crippen LogP contribution in [0.2, 0.25) is 5.02 Å². The zero-order chi connectivity index (χ0) is 24.9. The van der Waals surface area contributed by atoms with Crippen molar-refractivity contribution in [3.63, 3.8) is 0 Å². The predicted molar refractivity (Wildman–Crippen MR) is 116 cm³/mol. The molecule has 1 unspecified atom stereocenters. The molecule has 1 atom stereocenters. The summed E-state index contributed by atoms with van der Waals surface area (Å²) in [4.78, 5) is 10.9. The largest absolute Gasteiger partial charge is 0.573 e. The van der Waals surface area contributed by atoms with Gasteiger partial charge in [0.2, 0.25) is 6.41 Å². The van der Waals surface area contributed by atoms with E-state index in [0.717, 1.165) is 12.1 Å². The molecule has 0 aliphatic heterocycles. The van der Waals surface area contributed by atoms with Crippen molar-refractivity contribution in [3.05, 3.63) is 83.4 Å². The molecule has 0 bridgehead atoms. The number of carbonyl (C=O) groups excluding carboxylic acids is 1. The average molecular weight is 516 g/mol. The second kappa shape index (κ2) is 10.3. The second-order valence-corrected chi connectivity index (χ2v) is 9.34. The third-order valence-electron chi connectivity index (χ3n) is 4.53. The van der Waals surface area contributed by atoms with E-state index in [2.05, 4.69) is 4.74 Å². The first kappa shape index (κ1) is 25.3. The molecule has 180 valence electrons. The predicted octanol–water partition coefficient (Wildman–Crippen LogP) is 5.39. The normalized spacial score (nSPS) is 12.6. The second-order valence-electron chi connectivity index (χ2n) is 6.90. The molecule has 7 nitrogen and oxygen atoms in total. The number of nitrogens with zero attached hydrogens (tertiary/aromatic N) is 1. The number of sulfone groups is 1. The minimum Gasteiger partial charge on any atom is -0.456 e. The topological polar surface area (TPSA) is 93.1 Å². The summed E-state index contributed by atoms with van der Waals surface area (Å²) in [5.74, 6) is -1.20. The standard InChI is InChI=1S/C22H17ClF3NO6S/c23-16-7-5-15(6-8-16)19(27(29)14-28)13-34(30,31)21-4-2-1-3-20(21)32-17-9-11-18(12-10-17)33-22(24,25)26/h1-12,14,19,29H,13H2. The molecule has 1 N–H and O–H groups in total. The Morgan fingerprint density at radius 1 is 0.971 bits per heavy atom. The van der Waals surface area contributed by atoms with E-state index in [0.29, 0.717) is 10.6 Å². The van der Waals surface area contributed by atoms with Gasteiger partial charge in [-0.2, -0.15) is 0 Å². The van der Waals surface area contributed by atoms with Gasteiger partial charge in [-0.25, -0.2) is 13.5 Å². The van der Waals surface area contributed by atoms with Crippen LogP contribution in [-0.4, -0.2) is 37.2 Å².